The Morgan fingerprint density at radius 2 is 1.76 bits per heavy atom. The third kappa shape index (κ3) is 3.99. The van der Waals surface area contributed by atoms with Gasteiger partial charge in [-0.2, -0.15) is 0 Å². The Morgan fingerprint density at radius 1 is 1.08 bits per heavy atom. The number of rotatable bonds is 6. The highest BCUT2D eigenvalue weighted by Crippen LogP contribution is 2.14. The van der Waals surface area contributed by atoms with Gasteiger partial charge in [-0.1, -0.05) is 37.3 Å². The zero-order valence-corrected chi connectivity index (χ0v) is 14.5. The predicted molar refractivity (Wildman–Crippen MR) is 97.4 cm³/mol. The largest absolute Gasteiger partial charge is 0.419 e. The summed E-state index contributed by atoms with van der Waals surface area (Å²) in [5.74, 6) is -0.376. The number of hydrogen-bond acceptors (Lipinski definition) is 3. The zero-order valence-electron chi connectivity index (χ0n) is 14.5. The van der Waals surface area contributed by atoms with E-state index in [9.17, 15) is 9.59 Å². The van der Waals surface area contributed by atoms with Crippen molar-refractivity contribution in [1.29, 1.82) is 0 Å². The molecule has 3 rings (SSSR count). The number of carbonyl (C=O) groups excluding carboxylic acids is 1. The number of aryl methyl sites for hydroxylation is 3. The molecule has 0 atom stereocenters. The van der Waals surface area contributed by atoms with E-state index in [4.69, 9.17) is 4.42 Å². The van der Waals surface area contributed by atoms with Crippen LogP contribution in [0.15, 0.2) is 51.7 Å². The Bertz CT molecular complexity index is 936. The molecule has 1 heterocycles. The first kappa shape index (κ1) is 17.0. The van der Waals surface area contributed by atoms with Crippen molar-refractivity contribution in [3.63, 3.8) is 0 Å². The van der Waals surface area contributed by atoms with E-state index in [1.54, 1.807) is 13.1 Å². The second kappa shape index (κ2) is 7.38. The van der Waals surface area contributed by atoms with Gasteiger partial charge in [0.1, 0.15) is 0 Å². The third-order valence-electron chi connectivity index (χ3n) is 4.42. The van der Waals surface area contributed by atoms with Gasteiger partial charge < -0.3 is 9.73 Å². The summed E-state index contributed by atoms with van der Waals surface area (Å²) in [6.07, 6.45) is 2.20. The van der Waals surface area contributed by atoms with Crippen LogP contribution in [0.3, 0.4) is 0 Å². The summed E-state index contributed by atoms with van der Waals surface area (Å²) in [5, 5.41) is 2.91. The van der Waals surface area contributed by atoms with Crippen molar-refractivity contribution < 1.29 is 9.21 Å². The third-order valence-corrected chi connectivity index (χ3v) is 4.42. The second-order valence-corrected chi connectivity index (χ2v) is 6.18. The highest BCUT2D eigenvalue weighted by molar-refractivity contribution is 5.77. The fraction of sp³-hybridized carbons (Fsp3) is 0.300. The van der Waals surface area contributed by atoms with E-state index in [0.717, 1.165) is 23.9 Å². The van der Waals surface area contributed by atoms with Crippen LogP contribution in [0.2, 0.25) is 0 Å². The second-order valence-electron chi connectivity index (χ2n) is 6.18. The highest BCUT2D eigenvalue weighted by atomic mass is 16.4. The number of aromatic nitrogens is 1. The molecule has 0 radical (unpaired) electrons. The smallest absolute Gasteiger partial charge is 0.408 e. The van der Waals surface area contributed by atoms with Crippen molar-refractivity contribution in [2.75, 3.05) is 0 Å². The van der Waals surface area contributed by atoms with Gasteiger partial charge in [-0.3, -0.25) is 9.36 Å². The Labute approximate surface area is 146 Å². The van der Waals surface area contributed by atoms with Gasteiger partial charge in [0.05, 0.1) is 5.52 Å². The number of nitrogens with one attached hydrogen (secondary N) is 1. The molecule has 0 aliphatic carbocycles. The summed E-state index contributed by atoms with van der Waals surface area (Å²) in [5.41, 5.74) is 4.66. The molecule has 25 heavy (non-hydrogen) atoms. The van der Waals surface area contributed by atoms with E-state index in [-0.39, 0.29) is 11.7 Å². The van der Waals surface area contributed by atoms with Crippen molar-refractivity contribution in [3.8, 4) is 0 Å². The Hall–Kier alpha value is -2.82. The molecular formula is C20H22N2O3. The molecule has 0 spiro atoms. The van der Waals surface area contributed by atoms with Crippen LogP contribution in [0.5, 0.6) is 0 Å². The average Bonchev–Trinajstić information content (AvgIpc) is 2.92. The normalized spacial score (nSPS) is 11.0. The molecule has 0 aliphatic heterocycles. The van der Waals surface area contributed by atoms with Gasteiger partial charge in [0.2, 0.25) is 5.91 Å². The molecular weight excluding hydrogens is 316 g/mol. The molecule has 1 N–H and O–H groups in total. The van der Waals surface area contributed by atoms with Gasteiger partial charge in [0.15, 0.2) is 5.58 Å². The van der Waals surface area contributed by atoms with Crippen LogP contribution in [0.4, 0.5) is 0 Å². The Balaban J connectivity index is 1.54. The first-order valence-corrected chi connectivity index (χ1v) is 8.50. The van der Waals surface area contributed by atoms with E-state index in [0.29, 0.717) is 18.5 Å². The standard InChI is InChI=1S/C20H22N2O3/c1-3-14-4-6-15(7-5-14)9-11-19(23)21-13-16-8-10-17-18(12-16)25-20(24)22(17)2/h4-8,10,12H,3,9,11,13H2,1-2H3,(H,21,23). The predicted octanol–water partition coefficient (Wildman–Crippen LogP) is 2.94. The minimum absolute atomic E-state index is 0.00850. The maximum atomic E-state index is 12.0. The highest BCUT2D eigenvalue weighted by Gasteiger charge is 2.07. The van der Waals surface area contributed by atoms with Gasteiger partial charge in [-0.25, -0.2) is 4.79 Å². The fourth-order valence-electron chi connectivity index (χ4n) is 2.78. The number of carbonyl (C=O) groups is 1. The number of nitrogens with zero attached hydrogens (tertiary/aromatic N) is 1. The molecule has 0 fully saturated rings. The van der Waals surface area contributed by atoms with E-state index in [2.05, 4.69) is 36.5 Å². The van der Waals surface area contributed by atoms with E-state index in [1.807, 2.05) is 12.1 Å². The molecule has 5 heteroatoms. The summed E-state index contributed by atoms with van der Waals surface area (Å²) in [7, 11) is 1.67. The lowest BCUT2D eigenvalue weighted by atomic mass is 10.1. The van der Waals surface area contributed by atoms with E-state index < -0.39 is 0 Å². The van der Waals surface area contributed by atoms with Crippen molar-refractivity contribution in [3.05, 3.63) is 69.7 Å². The minimum Gasteiger partial charge on any atom is -0.408 e. The van der Waals surface area contributed by atoms with Gasteiger partial charge in [-0.15, -0.1) is 0 Å². The molecule has 1 amide bonds. The van der Waals surface area contributed by atoms with E-state index >= 15 is 0 Å². The van der Waals surface area contributed by atoms with Crippen molar-refractivity contribution in [2.24, 2.45) is 7.05 Å². The lowest BCUT2D eigenvalue weighted by molar-refractivity contribution is -0.121. The molecule has 0 saturated carbocycles. The first-order valence-electron chi connectivity index (χ1n) is 8.50. The van der Waals surface area contributed by atoms with Crippen LogP contribution in [-0.4, -0.2) is 10.5 Å². The van der Waals surface area contributed by atoms with Gasteiger partial charge in [-0.05, 0) is 41.7 Å². The van der Waals surface area contributed by atoms with Crippen LogP contribution in [0, 0.1) is 0 Å². The number of oxazole rings is 1. The quantitative estimate of drug-likeness (QED) is 0.751. The number of fused-ring (bicyclic) bond motifs is 1. The van der Waals surface area contributed by atoms with Gasteiger partial charge >= 0.3 is 5.76 Å². The number of benzene rings is 2. The van der Waals surface area contributed by atoms with Crippen molar-refractivity contribution in [2.45, 2.75) is 32.7 Å². The van der Waals surface area contributed by atoms with Crippen LogP contribution < -0.4 is 11.1 Å². The van der Waals surface area contributed by atoms with Crippen LogP contribution in [0.1, 0.15) is 30.0 Å². The van der Waals surface area contributed by atoms with Gasteiger partial charge in [0.25, 0.3) is 0 Å². The molecule has 1 aromatic heterocycles. The SMILES string of the molecule is CCc1ccc(CCC(=O)NCc2ccc3c(c2)oc(=O)n3C)cc1. The van der Waals surface area contributed by atoms with E-state index in [1.165, 1.54) is 15.7 Å². The summed E-state index contributed by atoms with van der Waals surface area (Å²) < 4.78 is 6.62. The number of hydrogen-bond donors (Lipinski definition) is 1. The monoisotopic (exact) mass is 338 g/mol. The van der Waals surface area contributed by atoms with Crippen LogP contribution >= 0.6 is 0 Å². The molecule has 2 aromatic carbocycles. The fourth-order valence-corrected chi connectivity index (χ4v) is 2.78. The Morgan fingerprint density at radius 3 is 2.48 bits per heavy atom. The molecule has 0 unspecified atom stereocenters. The molecule has 0 aliphatic rings. The summed E-state index contributed by atoms with van der Waals surface area (Å²) in [6, 6.07) is 13.9. The molecule has 130 valence electrons. The molecule has 3 aromatic rings. The van der Waals surface area contributed by atoms with Crippen LogP contribution in [-0.2, 0) is 31.2 Å². The van der Waals surface area contributed by atoms with Crippen LogP contribution in [0.25, 0.3) is 11.1 Å². The minimum atomic E-state index is -0.384. The molecule has 5 nitrogen and oxygen atoms in total. The summed E-state index contributed by atoms with van der Waals surface area (Å²) >= 11 is 0. The average molecular weight is 338 g/mol. The topological polar surface area (TPSA) is 64.2 Å². The lowest BCUT2D eigenvalue weighted by Crippen LogP contribution is -2.22. The Kier molecular flexibility index (Phi) is 5.03. The van der Waals surface area contributed by atoms with Crippen molar-refractivity contribution in [1.82, 2.24) is 9.88 Å². The van der Waals surface area contributed by atoms with Gasteiger partial charge in [0, 0.05) is 20.0 Å². The number of amides is 1. The maximum absolute atomic E-state index is 12.0. The van der Waals surface area contributed by atoms with Crippen molar-refractivity contribution >= 4 is 17.0 Å². The summed E-state index contributed by atoms with van der Waals surface area (Å²) in [4.78, 5) is 23.5. The first-order chi connectivity index (χ1) is 12.1. The molecule has 0 saturated heterocycles. The molecule has 0 bridgehead atoms. The maximum Gasteiger partial charge on any atom is 0.419 e. The zero-order chi connectivity index (χ0) is 17.8. The summed E-state index contributed by atoms with van der Waals surface area (Å²) in [6.45, 7) is 2.54. The lowest BCUT2D eigenvalue weighted by Gasteiger charge is -2.06.